The monoisotopic (exact) mass is 389 g/mol. The minimum Gasteiger partial charge on any atom is -0.353 e. The molecule has 0 saturated heterocycles. The number of carbonyl (C=O) groups excluding carboxylic acids is 1. The van der Waals surface area contributed by atoms with E-state index in [9.17, 15) is 4.79 Å². The number of rotatable bonds is 5. The van der Waals surface area contributed by atoms with E-state index < -0.39 is 0 Å². The Bertz CT molecular complexity index is 974. The lowest BCUT2D eigenvalue weighted by molar-refractivity contribution is -0.121. The van der Waals surface area contributed by atoms with Crippen LogP contribution in [0.15, 0.2) is 49.2 Å². The Kier molecular flexibility index (Phi) is 5.69. The van der Waals surface area contributed by atoms with Gasteiger partial charge in [0.25, 0.3) is 0 Å². The molecule has 1 amide bonds. The van der Waals surface area contributed by atoms with E-state index in [0.29, 0.717) is 12.5 Å². The fourth-order valence-electron chi connectivity index (χ4n) is 4.06. The zero-order valence-corrected chi connectivity index (χ0v) is 17.0. The van der Waals surface area contributed by atoms with Crippen molar-refractivity contribution in [3.05, 3.63) is 65.9 Å². The van der Waals surface area contributed by atoms with Gasteiger partial charge in [-0.15, -0.1) is 0 Å². The molecule has 0 atom stereocenters. The van der Waals surface area contributed by atoms with Crippen molar-refractivity contribution in [1.29, 1.82) is 0 Å². The van der Waals surface area contributed by atoms with Crippen LogP contribution in [0.2, 0.25) is 0 Å². The molecule has 2 aromatic heterocycles. The van der Waals surface area contributed by atoms with E-state index in [-0.39, 0.29) is 11.9 Å². The zero-order chi connectivity index (χ0) is 20.2. The minimum absolute atomic E-state index is 0.118. The van der Waals surface area contributed by atoms with Gasteiger partial charge in [0.1, 0.15) is 6.33 Å². The summed E-state index contributed by atoms with van der Waals surface area (Å²) >= 11 is 0. The lowest BCUT2D eigenvalue weighted by Crippen LogP contribution is -2.38. The normalized spacial score (nSPS) is 19.1. The highest BCUT2D eigenvalue weighted by Crippen LogP contribution is 2.29. The van der Waals surface area contributed by atoms with Gasteiger partial charge in [0.2, 0.25) is 5.91 Å². The van der Waals surface area contributed by atoms with Crippen LogP contribution in [0.1, 0.15) is 48.4 Å². The van der Waals surface area contributed by atoms with Crippen molar-refractivity contribution in [2.75, 3.05) is 0 Å². The molecule has 29 heavy (non-hydrogen) atoms. The molecule has 150 valence electrons. The van der Waals surface area contributed by atoms with Gasteiger partial charge < -0.3 is 5.32 Å². The maximum absolute atomic E-state index is 12.5. The van der Waals surface area contributed by atoms with Crippen molar-refractivity contribution >= 4 is 5.91 Å². The lowest BCUT2D eigenvalue weighted by atomic mass is 9.91. The number of amides is 1. The largest absolute Gasteiger partial charge is 0.353 e. The predicted octanol–water partition coefficient (Wildman–Crippen LogP) is 3.80. The maximum atomic E-state index is 12.5. The first-order chi connectivity index (χ1) is 14.1. The molecule has 0 spiro atoms. The molecule has 4 rings (SSSR count). The van der Waals surface area contributed by atoms with Crippen molar-refractivity contribution in [3.63, 3.8) is 0 Å². The highest BCUT2D eigenvalue weighted by molar-refractivity contribution is 5.79. The molecule has 6 heteroatoms. The number of aryl methyl sites for hydroxylation is 2. The molecule has 0 aliphatic heterocycles. The second-order valence-corrected chi connectivity index (χ2v) is 7.98. The quantitative estimate of drug-likeness (QED) is 0.720. The Morgan fingerprint density at radius 1 is 1.17 bits per heavy atom. The Morgan fingerprint density at radius 2 is 2.00 bits per heavy atom. The first-order valence-electron chi connectivity index (χ1n) is 10.2. The number of aromatic nitrogens is 4. The van der Waals surface area contributed by atoms with Crippen LogP contribution < -0.4 is 5.32 Å². The van der Waals surface area contributed by atoms with E-state index in [2.05, 4.69) is 58.6 Å². The van der Waals surface area contributed by atoms with Gasteiger partial charge in [-0.1, -0.05) is 23.8 Å². The summed E-state index contributed by atoms with van der Waals surface area (Å²) < 4.78 is 2.05. The molecule has 0 unspecified atom stereocenters. The SMILES string of the molecule is Cc1ccc(C)c(CC(=O)NC2CCC(n3cc(-c4ccncn4)cn3)CC2)c1. The summed E-state index contributed by atoms with van der Waals surface area (Å²) in [6.45, 7) is 4.13. The van der Waals surface area contributed by atoms with Crippen molar-refractivity contribution in [3.8, 4) is 11.3 Å². The number of nitrogens with zero attached hydrogens (tertiary/aromatic N) is 4. The Labute approximate surface area is 171 Å². The van der Waals surface area contributed by atoms with Crippen molar-refractivity contribution in [2.24, 2.45) is 0 Å². The molecule has 6 nitrogen and oxygen atoms in total. The number of hydrogen-bond donors (Lipinski definition) is 1. The van der Waals surface area contributed by atoms with Crippen molar-refractivity contribution < 1.29 is 4.79 Å². The third-order valence-corrected chi connectivity index (χ3v) is 5.77. The summed E-state index contributed by atoms with van der Waals surface area (Å²) in [5, 5.41) is 7.78. The average molecular weight is 390 g/mol. The summed E-state index contributed by atoms with van der Waals surface area (Å²) in [5.41, 5.74) is 5.38. The van der Waals surface area contributed by atoms with Crippen molar-refractivity contribution in [2.45, 2.75) is 58.0 Å². The van der Waals surface area contributed by atoms with Crippen LogP contribution in [-0.4, -0.2) is 31.7 Å². The maximum Gasteiger partial charge on any atom is 0.224 e. The van der Waals surface area contributed by atoms with Crippen LogP contribution in [-0.2, 0) is 11.2 Å². The molecular formula is C23H27N5O. The van der Waals surface area contributed by atoms with Crippen LogP contribution in [0, 0.1) is 13.8 Å². The van der Waals surface area contributed by atoms with E-state index in [0.717, 1.165) is 42.5 Å². The molecule has 2 heterocycles. The number of carbonyl (C=O) groups is 1. The first kappa shape index (κ1) is 19.3. The van der Waals surface area contributed by atoms with E-state index in [4.69, 9.17) is 0 Å². The molecule has 0 radical (unpaired) electrons. The van der Waals surface area contributed by atoms with E-state index in [1.165, 1.54) is 11.1 Å². The summed E-state index contributed by atoms with van der Waals surface area (Å²) in [5.74, 6) is 0.118. The van der Waals surface area contributed by atoms with Crippen LogP contribution in [0.4, 0.5) is 0 Å². The van der Waals surface area contributed by atoms with Gasteiger partial charge in [-0.05, 0) is 56.7 Å². The highest BCUT2D eigenvalue weighted by atomic mass is 16.1. The van der Waals surface area contributed by atoms with Gasteiger partial charge in [0, 0.05) is 24.0 Å². The van der Waals surface area contributed by atoms with Crippen LogP contribution in [0.25, 0.3) is 11.3 Å². The van der Waals surface area contributed by atoms with Gasteiger partial charge >= 0.3 is 0 Å². The molecule has 1 aliphatic carbocycles. The fraction of sp³-hybridized carbons (Fsp3) is 0.391. The third kappa shape index (κ3) is 4.70. The van der Waals surface area contributed by atoms with E-state index >= 15 is 0 Å². The Hall–Kier alpha value is -3.02. The first-order valence-corrected chi connectivity index (χ1v) is 10.2. The third-order valence-electron chi connectivity index (χ3n) is 5.77. The van der Waals surface area contributed by atoms with Crippen LogP contribution >= 0.6 is 0 Å². The Balaban J connectivity index is 1.30. The summed E-state index contributed by atoms with van der Waals surface area (Å²) in [4.78, 5) is 20.8. The fourth-order valence-corrected chi connectivity index (χ4v) is 4.06. The summed E-state index contributed by atoms with van der Waals surface area (Å²) in [6.07, 6.45) is 11.7. The molecule has 3 aromatic rings. The topological polar surface area (TPSA) is 72.7 Å². The number of benzene rings is 1. The minimum atomic E-state index is 0.118. The zero-order valence-electron chi connectivity index (χ0n) is 17.0. The average Bonchev–Trinajstić information content (AvgIpc) is 3.22. The molecule has 1 aliphatic rings. The van der Waals surface area contributed by atoms with Gasteiger partial charge in [-0.2, -0.15) is 5.10 Å². The summed E-state index contributed by atoms with van der Waals surface area (Å²) in [7, 11) is 0. The molecule has 1 saturated carbocycles. The second-order valence-electron chi connectivity index (χ2n) is 7.98. The molecule has 1 aromatic carbocycles. The van der Waals surface area contributed by atoms with Crippen LogP contribution in [0.3, 0.4) is 0 Å². The van der Waals surface area contributed by atoms with Crippen molar-refractivity contribution in [1.82, 2.24) is 25.1 Å². The standard InChI is InChI=1S/C23H27N5O/c1-16-3-4-17(2)18(11-16)12-23(29)27-20-5-7-21(8-6-20)28-14-19(13-26-28)22-9-10-24-15-25-22/h3-4,9-11,13-15,20-21H,5-8,12H2,1-2H3,(H,27,29). The second kappa shape index (κ2) is 8.55. The van der Waals surface area contributed by atoms with Crippen LogP contribution in [0.5, 0.6) is 0 Å². The van der Waals surface area contributed by atoms with E-state index in [1.807, 2.05) is 16.9 Å². The lowest BCUT2D eigenvalue weighted by Gasteiger charge is -2.29. The number of nitrogens with one attached hydrogen (secondary N) is 1. The van der Waals surface area contributed by atoms with Gasteiger partial charge in [0.05, 0.1) is 24.4 Å². The number of hydrogen-bond acceptors (Lipinski definition) is 4. The van der Waals surface area contributed by atoms with Gasteiger partial charge in [0.15, 0.2) is 0 Å². The molecule has 1 N–H and O–H groups in total. The van der Waals surface area contributed by atoms with Gasteiger partial charge in [-0.3, -0.25) is 9.48 Å². The molecule has 1 fully saturated rings. The highest BCUT2D eigenvalue weighted by Gasteiger charge is 2.24. The Morgan fingerprint density at radius 3 is 2.76 bits per heavy atom. The molecule has 0 bridgehead atoms. The summed E-state index contributed by atoms with van der Waals surface area (Å²) in [6, 6.07) is 8.80. The smallest absolute Gasteiger partial charge is 0.224 e. The van der Waals surface area contributed by atoms with Gasteiger partial charge in [-0.25, -0.2) is 9.97 Å². The van der Waals surface area contributed by atoms with E-state index in [1.54, 1.807) is 12.5 Å². The molecular weight excluding hydrogens is 362 g/mol. The predicted molar refractivity (Wildman–Crippen MR) is 112 cm³/mol.